The summed E-state index contributed by atoms with van der Waals surface area (Å²) in [7, 11) is 1.90. The topological polar surface area (TPSA) is 8.81 Å². The Bertz CT molecular complexity index is 1490. The van der Waals surface area contributed by atoms with Crippen molar-refractivity contribution in [2.45, 2.75) is 20.0 Å². The van der Waals surface area contributed by atoms with Crippen LogP contribution in [0.4, 0.5) is 13.2 Å². The molecule has 3 aromatic carbocycles. The van der Waals surface area contributed by atoms with Crippen molar-refractivity contribution in [2.75, 3.05) is 0 Å². The highest BCUT2D eigenvalue weighted by Gasteiger charge is 2.34. The number of pyridine rings is 1. The van der Waals surface area contributed by atoms with Gasteiger partial charge in [0.15, 0.2) is 5.69 Å². The zero-order valence-electron chi connectivity index (χ0n) is 18.0. The van der Waals surface area contributed by atoms with Crippen LogP contribution in [0.5, 0.6) is 0 Å². The Morgan fingerprint density at radius 3 is 2.19 bits per heavy atom. The molecular weight excluding hydrogens is 409 g/mol. The van der Waals surface area contributed by atoms with Gasteiger partial charge in [0, 0.05) is 65.3 Å². The molecule has 0 amide bonds. The largest absolute Gasteiger partial charge is 0.416 e. The van der Waals surface area contributed by atoms with E-state index in [1.54, 1.807) is 0 Å². The van der Waals surface area contributed by atoms with E-state index >= 15 is 0 Å². The van der Waals surface area contributed by atoms with Crippen molar-refractivity contribution < 1.29 is 17.7 Å². The van der Waals surface area contributed by atoms with E-state index in [1.807, 2.05) is 96.8 Å². The molecule has 32 heavy (non-hydrogen) atoms. The number of hydrogen-bond acceptors (Lipinski definition) is 0. The number of alkyl halides is 3. The second-order valence-corrected chi connectivity index (χ2v) is 8.18. The Kier molecular flexibility index (Phi) is 4.59. The van der Waals surface area contributed by atoms with E-state index in [4.69, 9.17) is 0 Å². The highest BCUT2D eigenvalue weighted by Crippen LogP contribution is 2.38. The van der Waals surface area contributed by atoms with Crippen LogP contribution < -0.4 is 4.57 Å². The third-order valence-corrected chi connectivity index (χ3v) is 6.21. The van der Waals surface area contributed by atoms with Crippen LogP contribution in [0.25, 0.3) is 38.8 Å². The van der Waals surface area contributed by atoms with E-state index < -0.39 is 11.7 Å². The lowest BCUT2D eigenvalue weighted by Gasteiger charge is -2.15. The molecule has 2 nitrogen and oxygen atoms in total. The van der Waals surface area contributed by atoms with Crippen molar-refractivity contribution in [3.63, 3.8) is 0 Å². The lowest BCUT2D eigenvalue weighted by atomic mass is 9.98. The van der Waals surface area contributed by atoms with E-state index in [-0.39, 0.29) is 0 Å². The average molecular weight is 431 g/mol. The minimum absolute atomic E-state index is 0.536. The molecule has 5 rings (SSSR count). The van der Waals surface area contributed by atoms with Crippen LogP contribution in [0.1, 0.15) is 16.8 Å². The van der Waals surface area contributed by atoms with Crippen LogP contribution >= 0.6 is 0 Å². The van der Waals surface area contributed by atoms with Gasteiger partial charge in [0.2, 0.25) is 11.2 Å². The van der Waals surface area contributed by atoms with E-state index in [0.29, 0.717) is 11.3 Å². The number of aryl methyl sites for hydroxylation is 2. The standard InChI is InChI=1S/C27H22F3N2/c1-17-12-13-19-8-4-7-11-24(19)32(17)25-16-21(27(28,29)30)15-22(18(25)2)26-14-20-9-5-6-10-23(20)31(26)3/h4-16H,1-3H3/q+1. The molecular formula is C27H22F3N2+. The van der Waals surface area contributed by atoms with Gasteiger partial charge < -0.3 is 4.57 Å². The molecule has 0 atom stereocenters. The molecule has 0 aliphatic rings. The molecule has 2 aromatic heterocycles. The lowest BCUT2D eigenvalue weighted by Crippen LogP contribution is -2.36. The molecule has 0 fully saturated rings. The third kappa shape index (κ3) is 3.16. The normalized spacial score (nSPS) is 12.1. The molecule has 2 heterocycles. The van der Waals surface area contributed by atoms with Gasteiger partial charge in [0.25, 0.3) is 0 Å². The molecule has 0 unspecified atom stereocenters. The maximum atomic E-state index is 14.0. The van der Waals surface area contributed by atoms with E-state index in [1.165, 1.54) is 12.1 Å². The number of halogens is 3. The summed E-state index contributed by atoms with van der Waals surface area (Å²) in [6, 6.07) is 24.0. The number of fused-ring (bicyclic) bond motifs is 2. The van der Waals surface area contributed by atoms with E-state index in [0.717, 1.165) is 38.8 Å². The number of para-hydroxylation sites is 2. The first kappa shape index (κ1) is 20.3. The highest BCUT2D eigenvalue weighted by atomic mass is 19.4. The fourth-order valence-electron chi connectivity index (χ4n) is 4.54. The first-order chi connectivity index (χ1) is 15.3. The van der Waals surface area contributed by atoms with Crippen LogP contribution in [0.3, 0.4) is 0 Å². The van der Waals surface area contributed by atoms with Crippen molar-refractivity contribution >= 4 is 21.8 Å². The summed E-state index contributed by atoms with van der Waals surface area (Å²) in [6.07, 6.45) is -4.46. The summed E-state index contributed by atoms with van der Waals surface area (Å²) in [5.41, 5.74) is 4.74. The molecule has 0 aliphatic carbocycles. The number of benzene rings is 3. The minimum atomic E-state index is -4.46. The number of rotatable bonds is 2. The number of hydrogen-bond donors (Lipinski definition) is 0. The number of aromatic nitrogens is 2. The molecule has 0 saturated carbocycles. The molecule has 0 N–H and O–H groups in total. The monoisotopic (exact) mass is 431 g/mol. The summed E-state index contributed by atoms with van der Waals surface area (Å²) < 4.78 is 45.9. The SMILES string of the molecule is Cc1c(-c2cc3ccccc3n2C)cc(C(F)(F)F)cc1-[n+]1c(C)ccc2ccccc21. The summed E-state index contributed by atoms with van der Waals surface area (Å²) in [5, 5.41) is 1.97. The van der Waals surface area contributed by atoms with Crippen LogP contribution in [-0.4, -0.2) is 4.57 Å². The van der Waals surface area contributed by atoms with Gasteiger partial charge in [0.05, 0.1) is 5.56 Å². The van der Waals surface area contributed by atoms with Crippen molar-refractivity contribution in [1.82, 2.24) is 4.57 Å². The maximum absolute atomic E-state index is 14.0. The van der Waals surface area contributed by atoms with Gasteiger partial charge in [-0.05, 0) is 37.3 Å². The molecule has 5 heteroatoms. The minimum Gasteiger partial charge on any atom is -0.344 e. The summed E-state index contributed by atoms with van der Waals surface area (Å²) in [6.45, 7) is 3.82. The predicted octanol–water partition coefficient (Wildman–Crippen LogP) is 6.91. The molecule has 0 aliphatic heterocycles. The van der Waals surface area contributed by atoms with Gasteiger partial charge in [-0.15, -0.1) is 0 Å². The van der Waals surface area contributed by atoms with Crippen molar-refractivity contribution in [3.8, 4) is 16.9 Å². The maximum Gasteiger partial charge on any atom is 0.416 e. The Hall–Kier alpha value is -3.60. The summed E-state index contributed by atoms with van der Waals surface area (Å²) >= 11 is 0. The van der Waals surface area contributed by atoms with Crippen LogP contribution in [0.2, 0.25) is 0 Å². The van der Waals surface area contributed by atoms with E-state index in [2.05, 4.69) is 0 Å². The van der Waals surface area contributed by atoms with Crippen molar-refractivity contribution in [1.29, 1.82) is 0 Å². The molecule has 5 aromatic rings. The summed E-state index contributed by atoms with van der Waals surface area (Å²) in [5.74, 6) is 0. The van der Waals surface area contributed by atoms with E-state index in [9.17, 15) is 13.2 Å². The zero-order valence-corrected chi connectivity index (χ0v) is 18.0. The highest BCUT2D eigenvalue weighted by molar-refractivity contribution is 5.88. The number of nitrogens with zero attached hydrogens (tertiary/aromatic N) is 2. The van der Waals surface area contributed by atoms with Crippen molar-refractivity contribution in [2.24, 2.45) is 7.05 Å². The van der Waals surface area contributed by atoms with Gasteiger partial charge >= 0.3 is 6.18 Å². The smallest absolute Gasteiger partial charge is 0.344 e. The Balaban J connectivity index is 1.88. The molecule has 0 radical (unpaired) electrons. The Labute approximate surface area is 184 Å². The molecule has 160 valence electrons. The average Bonchev–Trinajstić information content (AvgIpc) is 3.10. The fraction of sp³-hybridized carbons (Fsp3) is 0.148. The first-order valence-electron chi connectivity index (χ1n) is 10.4. The quantitative estimate of drug-likeness (QED) is 0.269. The Morgan fingerprint density at radius 1 is 0.781 bits per heavy atom. The van der Waals surface area contributed by atoms with Gasteiger partial charge in [0.1, 0.15) is 0 Å². The van der Waals surface area contributed by atoms with Crippen LogP contribution in [0.15, 0.2) is 78.9 Å². The van der Waals surface area contributed by atoms with Gasteiger partial charge in [-0.3, -0.25) is 0 Å². The zero-order chi connectivity index (χ0) is 22.6. The Morgan fingerprint density at radius 2 is 1.47 bits per heavy atom. The van der Waals surface area contributed by atoms with Crippen molar-refractivity contribution in [3.05, 3.63) is 95.7 Å². The summed E-state index contributed by atoms with van der Waals surface area (Å²) in [4.78, 5) is 0. The first-order valence-corrected chi connectivity index (χ1v) is 10.4. The predicted molar refractivity (Wildman–Crippen MR) is 122 cm³/mol. The van der Waals surface area contributed by atoms with Crippen LogP contribution in [0, 0.1) is 13.8 Å². The molecule has 0 saturated heterocycles. The van der Waals surface area contributed by atoms with Crippen LogP contribution in [-0.2, 0) is 13.2 Å². The lowest BCUT2D eigenvalue weighted by molar-refractivity contribution is -0.575. The fourth-order valence-corrected chi connectivity index (χ4v) is 4.54. The second kappa shape index (κ2) is 7.23. The third-order valence-electron chi connectivity index (χ3n) is 6.21. The second-order valence-electron chi connectivity index (χ2n) is 8.18. The van der Waals surface area contributed by atoms with Gasteiger partial charge in [-0.2, -0.15) is 17.7 Å². The molecule has 0 spiro atoms. The van der Waals surface area contributed by atoms with Gasteiger partial charge in [-0.25, -0.2) is 0 Å². The van der Waals surface area contributed by atoms with Gasteiger partial charge in [-0.1, -0.05) is 30.3 Å². The molecule has 0 bridgehead atoms.